The van der Waals surface area contributed by atoms with Crippen LogP contribution in [0.5, 0.6) is 0 Å². The number of nitrogens with one attached hydrogen (secondary N) is 1. The summed E-state index contributed by atoms with van der Waals surface area (Å²) in [6.07, 6.45) is 2.54. The second-order valence-corrected chi connectivity index (χ2v) is 10.6. The number of sulfonamides is 1. The minimum absolute atomic E-state index is 0.00852. The molecule has 1 atom stereocenters. The minimum atomic E-state index is -3.56. The SMILES string of the molecule is CC(C)c1ccc(-n2c([C@@H](N)Cc3cc(F)cc(F)c3)nc3cc(NS(C)(=O)=O)ccc3c2=O)cn1. The molecular formula is C25H25F2N5O3S. The molecule has 2 aromatic carbocycles. The number of pyridine rings is 1. The maximum Gasteiger partial charge on any atom is 0.266 e. The Morgan fingerprint density at radius 2 is 1.75 bits per heavy atom. The van der Waals surface area contributed by atoms with E-state index in [1.807, 2.05) is 13.8 Å². The van der Waals surface area contributed by atoms with Crippen molar-refractivity contribution >= 4 is 26.6 Å². The first-order valence-electron chi connectivity index (χ1n) is 11.1. The number of rotatable bonds is 7. The third-order valence-corrected chi connectivity index (χ3v) is 6.14. The van der Waals surface area contributed by atoms with Gasteiger partial charge in [-0.2, -0.15) is 0 Å². The molecular weight excluding hydrogens is 488 g/mol. The standard InChI is InChI=1S/C25H25F2N5O3S/c1-14(2)22-7-5-19(13-29-22)32-24(21(28)10-15-8-16(26)11-17(27)9-15)30-23-12-18(31-36(3,34)35)4-6-20(23)25(32)33/h4-9,11-14,21,31H,10,28H2,1-3H3/t21-/m0/s1. The summed E-state index contributed by atoms with van der Waals surface area (Å²) >= 11 is 0. The zero-order valence-corrected chi connectivity index (χ0v) is 20.7. The van der Waals surface area contributed by atoms with Gasteiger partial charge in [-0.25, -0.2) is 22.2 Å². The van der Waals surface area contributed by atoms with E-state index in [9.17, 15) is 22.0 Å². The highest BCUT2D eigenvalue weighted by molar-refractivity contribution is 7.92. The van der Waals surface area contributed by atoms with E-state index in [0.717, 1.165) is 18.0 Å². The normalized spacial score (nSPS) is 12.8. The number of aromatic nitrogens is 3. The molecule has 0 aliphatic rings. The van der Waals surface area contributed by atoms with Crippen molar-refractivity contribution in [1.82, 2.24) is 14.5 Å². The minimum Gasteiger partial charge on any atom is -0.321 e. The fourth-order valence-corrected chi connectivity index (χ4v) is 4.48. The van der Waals surface area contributed by atoms with Crippen molar-refractivity contribution in [3.63, 3.8) is 0 Å². The van der Waals surface area contributed by atoms with Crippen molar-refractivity contribution in [2.75, 3.05) is 11.0 Å². The first kappa shape index (κ1) is 25.4. The Kier molecular flexibility index (Phi) is 6.87. The van der Waals surface area contributed by atoms with Gasteiger partial charge in [0, 0.05) is 11.8 Å². The van der Waals surface area contributed by atoms with Gasteiger partial charge in [-0.1, -0.05) is 13.8 Å². The van der Waals surface area contributed by atoms with E-state index in [-0.39, 0.29) is 34.8 Å². The van der Waals surface area contributed by atoms with Crippen LogP contribution in [0.3, 0.4) is 0 Å². The lowest BCUT2D eigenvalue weighted by atomic mass is 10.0. The first-order valence-corrected chi connectivity index (χ1v) is 13.0. The highest BCUT2D eigenvalue weighted by Gasteiger charge is 2.20. The van der Waals surface area contributed by atoms with Crippen LogP contribution in [0.2, 0.25) is 0 Å². The molecule has 0 aliphatic carbocycles. The molecule has 0 aliphatic heterocycles. The molecule has 8 nitrogen and oxygen atoms in total. The summed E-state index contributed by atoms with van der Waals surface area (Å²) in [4.78, 5) is 22.6. The lowest BCUT2D eigenvalue weighted by Crippen LogP contribution is -2.29. The molecule has 0 radical (unpaired) electrons. The Balaban J connectivity index is 1.90. The van der Waals surface area contributed by atoms with Gasteiger partial charge in [-0.15, -0.1) is 0 Å². The zero-order valence-electron chi connectivity index (χ0n) is 19.9. The second-order valence-electron chi connectivity index (χ2n) is 8.90. The predicted molar refractivity (Wildman–Crippen MR) is 135 cm³/mol. The predicted octanol–water partition coefficient (Wildman–Crippen LogP) is 3.80. The van der Waals surface area contributed by atoms with Crippen LogP contribution >= 0.6 is 0 Å². The fraction of sp³-hybridized carbons (Fsp3) is 0.240. The van der Waals surface area contributed by atoms with Crippen molar-refractivity contribution in [2.24, 2.45) is 5.73 Å². The Bertz CT molecular complexity index is 1580. The molecule has 0 spiro atoms. The lowest BCUT2D eigenvalue weighted by Gasteiger charge is -2.19. The number of fused-ring (bicyclic) bond motifs is 1. The highest BCUT2D eigenvalue weighted by Crippen LogP contribution is 2.23. The van der Waals surface area contributed by atoms with Gasteiger partial charge in [0.05, 0.1) is 40.8 Å². The van der Waals surface area contributed by atoms with Gasteiger partial charge in [0.1, 0.15) is 17.5 Å². The molecule has 11 heteroatoms. The average Bonchev–Trinajstić information content (AvgIpc) is 2.77. The van der Waals surface area contributed by atoms with Gasteiger partial charge >= 0.3 is 0 Å². The summed E-state index contributed by atoms with van der Waals surface area (Å²) in [5, 5.41) is 0.231. The summed E-state index contributed by atoms with van der Waals surface area (Å²) in [6.45, 7) is 3.99. The summed E-state index contributed by atoms with van der Waals surface area (Å²) in [7, 11) is -3.56. The third kappa shape index (κ3) is 5.58. The molecule has 2 heterocycles. The van der Waals surface area contributed by atoms with E-state index in [1.54, 1.807) is 18.3 Å². The van der Waals surface area contributed by atoms with Crippen LogP contribution in [0.15, 0.2) is 59.5 Å². The smallest absolute Gasteiger partial charge is 0.266 e. The van der Waals surface area contributed by atoms with Crippen LogP contribution < -0.4 is 16.0 Å². The molecule has 36 heavy (non-hydrogen) atoms. The topological polar surface area (TPSA) is 120 Å². The van der Waals surface area contributed by atoms with Crippen molar-refractivity contribution in [1.29, 1.82) is 0 Å². The highest BCUT2D eigenvalue weighted by atomic mass is 32.2. The summed E-state index contributed by atoms with van der Waals surface area (Å²) in [5.74, 6) is -1.18. The van der Waals surface area contributed by atoms with Gasteiger partial charge in [0.2, 0.25) is 10.0 Å². The van der Waals surface area contributed by atoms with Crippen molar-refractivity contribution < 1.29 is 17.2 Å². The van der Waals surface area contributed by atoms with Crippen LogP contribution in [0.4, 0.5) is 14.5 Å². The Morgan fingerprint density at radius 1 is 1.06 bits per heavy atom. The number of nitrogens with two attached hydrogens (primary N) is 1. The second kappa shape index (κ2) is 9.75. The average molecular weight is 514 g/mol. The van der Waals surface area contributed by atoms with Crippen LogP contribution in [0.1, 0.15) is 42.9 Å². The summed E-state index contributed by atoms with van der Waals surface area (Å²) in [6, 6.07) is 10.1. The number of nitrogens with zero attached hydrogens (tertiary/aromatic N) is 3. The molecule has 4 rings (SSSR count). The van der Waals surface area contributed by atoms with Gasteiger partial charge in [0.15, 0.2) is 0 Å². The van der Waals surface area contributed by atoms with Gasteiger partial charge in [-0.05, 0) is 60.4 Å². The van der Waals surface area contributed by atoms with Gasteiger partial charge < -0.3 is 5.73 Å². The van der Waals surface area contributed by atoms with Crippen molar-refractivity contribution in [3.05, 3.63) is 93.8 Å². The fourth-order valence-electron chi connectivity index (χ4n) is 3.92. The quantitative estimate of drug-likeness (QED) is 0.388. The number of hydrogen-bond donors (Lipinski definition) is 2. The van der Waals surface area contributed by atoms with E-state index < -0.39 is 33.3 Å². The Morgan fingerprint density at radius 3 is 2.33 bits per heavy atom. The van der Waals surface area contributed by atoms with Crippen LogP contribution in [-0.4, -0.2) is 29.2 Å². The molecule has 0 saturated carbocycles. The lowest BCUT2D eigenvalue weighted by molar-refractivity contribution is 0.572. The van der Waals surface area contributed by atoms with Crippen LogP contribution in [0, 0.1) is 11.6 Å². The molecule has 0 unspecified atom stereocenters. The number of halogens is 2. The number of benzene rings is 2. The van der Waals surface area contributed by atoms with E-state index in [2.05, 4.69) is 14.7 Å². The van der Waals surface area contributed by atoms with E-state index in [4.69, 9.17) is 5.73 Å². The van der Waals surface area contributed by atoms with E-state index >= 15 is 0 Å². The molecule has 0 amide bonds. The van der Waals surface area contributed by atoms with Crippen LogP contribution in [-0.2, 0) is 16.4 Å². The van der Waals surface area contributed by atoms with Gasteiger partial charge in [0.25, 0.3) is 5.56 Å². The third-order valence-electron chi connectivity index (χ3n) is 5.53. The maximum atomic E-state index is 13.8. The molecule has 2 aromatic heterocycles. The first-order chi connectivity index (χ1) is 16.9. The summed E-state index contributed by atoms with van der Waals surface area (Å²) in [5.41, 5.74) is 7.99. The van der Waals surface area contributed by atoms with Crippen molar-refractivity contribution in [2.45, 2.75) is 32.2 Å². The number of anilines is 1. The maximum absolute atomic E-state index is 13.8. The Labute approximate surface area is 206 Å². The molecule has 0 saturated heterocycles. The van der Waals surface area contributed by atoms with Gasteiger partial charge in [-0.3, -0.25) is 19.1 Å². The van der Waals surface area contributed by atoms with Crippen molar-refractivity contribution in [3.8, 4) is 5.69 Å². The van der Waals surface area contributed by atoms with E-state index in [1.165, 1.54) is 34.9 Å². The Hall–Kier alpha value is -3.70. The number of hydrogen-bond acceptors (Lipinski definition) is 6. The summed E-state index contributed by atoms with van der Waals surface area (Å²) < 4.78 is 54.5. The monoisotopic (exact) mass is 513 g/mol. The zero-order chi connectivity index (χ0) is 26.2. The van der Waals surface area contributed by atoms with Crippen LogP contribution in [0.25, 0.3) is 16.6 Å². The molecule has 4 aromatic rings. The molecule has 188 valence electrons. The molecule has 0 bridgehead atoms. The van der Waals surface area contributed by atoms with E-state index in [0.29, 0.717) is 11.3 Å². The molecule has 0 fully saturated rings. The largest absolute Gasteiger partial charge is 0.321 e. The molecule has 3 N–H and O–H groups in total.